The van der Waals surface area contributed by atoms with E-state index in [2.05, 4.69) is 30.0 Å². The first-order valence-electron chi connectivity index (χ1n) is 7.87. The van der Waals surface area contributed by atoms with Crippen LogP contribution in [0.5, 0.6) is 0 Å². The maximum absolute atomic E-state index is 13.4. The predicted molar refractivity (Wildman–Crippen MR) is 94.8 cm³/mol. The predicted octanol–water partition coefficient (Wildman–Crippen LogP) is 2.20. The lowest BCUT2D eigenvalue weighted by Crippen LogP contribution is -2.59. The van der Waals surface area contributed by atoms with Gasteiger partial charge in [0.1, 0.15) is 12.1 Å². The van der Waals surface area contributed by atoms with Crippen LogP contribution in [0.15, 0.2) is 36.9 Å². The van der Waals surface area contributed by atoms with Gasteiger partial charge in [-0.2, -0.15) is 0 Å². The van der Waals surface area contributed by atoms with Crippen molar-refractivity contribution in [2.24, 2.45) is 0 Å². The van der Waals surface area contributed by atoms with Gasteiger partial charge in [-0.15, -0.1) is 10.2 Å². The van der Waals surface area contributed by atoms with Crippen LogP contribution in [0.25, 0.3) is 15.9 Å². The van der Waals surface area contributed by atoms with Crippen molar-refractivity contribution in [1.29, 1.82) is 0 Å². The molecule has 0 spiro atoms. The van der Waals surface area contributed by atoms with E-state index in [1.54, 1.807) is 18.6 Å². The maximum atomic E-state index is 13.4. The molecule has 3 aromatic heterocycles. The van der Waals surface area contributed by atoms with Gasteiger partial charge in [0.25, 0.3) is 0 Å². The second kappa shape index (κ2) is 5.35. The fourth-order valence-corrected chi connectivity index (χ4v) is 4.06. The fourth-order valence-electron chi connectivity index (χ4n) is 3.03. The van der Waals surface area contributed by atoms with Crippen LogP contribution in [0.1, 0.15) is 0 Å². The van der Waals surface area contributed by atoms with Crippen LogP contribution in [-0.2, 0) is 0 Å². The Labute approximate surface area is 146 Å². The van der Waals surface area contributed by atoms with Crippen molar-refractivity contribution in [2.75, 3.05) is 29.9 Å². The number of anilines is 2. The lowest BCUT2D eigenvalue weighted by Gasteiger charge is -2.44. The molecule has 9 heteroatoms. The average molecular weight is 355 g/mol. The monoisotopic (exact) mass is 355 g/mol. The molecule has 4 heterocycles. The molecule has 0 atom stereocenters. The largest absolute Gasteiger partial charge is 0.349 e. The minimum Gasteiger partial charge on any atom is -0.349 e. The zero-order valence-electron chi connectivity index (χ0n) is 13.4. The van der Waals surface area contributed by atoms with E-state index in [4.69, 9.17) is 0 Å². The molecule has 0 unspecified atom stereocenters. The van der Waals surface area contributed by atoms with Gasteiger partial charge in [-0.1, -0.05) is 11.3 Å². The first kappa shape index (κ1) is 14.5. The normalized spacial score (nSPS) is 15.0. The first-order valence-corrected chi connectivity index (χ1v) is 8.69. The first-order chi connectivity index (χ1) is 12.2. The molecule has 5 rings (SSSR count). The van der Waals surface area contributed by atoms with E-state index in [0.29, 0.717) is 6.04 Å². The van der Waals surface area contributed by atoms with Crippen molar-refractivity contribution in [1.82, 2.24) is 24.6 Å². The Morgan fingerprint density at radius 3 is 3.08 bits per heavy atom. The van der Waals surface area contributed by atoms with Gasteiger partial charge in [-0.25, -0.2) is 14.4 Å². The molecule has 0 N–H and O–H groups in total. The van der Waals surface area contributed by atoms with E-state index in [-0.39, 0.29) is 5.82 Å². The molecule has 0 radical (unpaired) electrons. The number of hydrogen-bond donors (Lipinski definition) is 0. The second-order valence-electron chi connectivity index (χ2n) is 6.09. The van der Waals surface area contributed by atoms with Gasteiger partial charge in [0.15, 0.2) is 10.9 Å². The van der Waals surface area contributed by atoms with Crippen LogP contribution in [0.3, 0.4) is 0 Å². The van der Waals surface area contributed by atoms with Gasteiger partial charge in [0, 0.05) is 32.5 Å². The van der Waals surface area contributed by atoms with Crippen molar-refractivity contribution in [2.45, 2.75) is 6.04 Å². The van der Waals surface area contributed by atoms with Gasteiger partial charge in [-0.3, -0.25) is 4.40 Å². The molecule has 1 aliphatic rings. The highest BCUT2D eigenvalue weighted by atomic mass is 32.1. The third-order valence-electron chi connectivity index (χ3n) is 4.55. The van der Waals surface area contributed by atoms with Crippen molar-refractivity contribution in [3.05, 3.63) is 42.7 Å². The summed E-state index contributed by atoms with van der Waals surface area (Å²) >= 11 is 1.51. The average Bonchev–Trinajstić information content (AvgIpc) is 3.19. The number of fused-ring (bicyclic) bond motifs is 2. The second-order valence-corrected chi connectivity index (χ2v) is 7.10. The van der Waals surface area contributed by atoms with Crippen LogP contribution in [-0.4, -0.2) is 50.7 Å². The summed E-state index contributed by atoms with van der Waals surface area (Å²) in [6.45, 7) is 1.67. The molecule has 1 fully saturated rings. The molecule has 0 saturated carbocycles. The quantitative estimate of drug-likeness (QED) is 0.561. The summed E-state index contributed by atoms with van der Waals surface area (Å²) in [5, 5.41) is 8.97. The Kier molecular flexibility index (Phi) is 3.11. The molecule has 0 amide bonds. The molecule has 0 bridgehead atoms. The highest BCUT2D eigenvalue weighted by Gasteiger charge is 2.33. The lowest BCUT2D eigenvalue weighted by atomic mass is 10.1. The summed E-state index contributed by atoms with van der Waals surface area (Å²) in [6.07, 6.45) is 5.26. The molecule has 0 aliphatic carbocycles. The van der Waals surface area contributed by atoms with Gasteiger partial charge in [0.05, 0.1) is 16.3 Å². The summed E-state index contributed by atoms with van der Waals surface area (Å²) in [6, 6.07) is 5.03. The smallest absolute Gasteiger partial charge is 0.203 e. The molecule has 1 aliphatic heterocycles. The third kappa shape index (κ3) is 2.30. The highest BCUT2D eigenvalue weighted by molar-refractivity contribution is 7.22. The van der Waals surface area contributed by atoms with Gasteiger partial charge < -0.3 is 9.80 Å². The van der Waals surface area contributed by atoms with E-state index in [0.717, 1.165) is 39.9 Å². The summed E-state index contributed by atoms with van der Waals surface area (Å²) in [5.74, 6) is 0.615. The summed E-state index contributed by atoms with van der Waals surface area (Å²) in [4.78, 5) is 13.4. The fraction of sp³-hybridized carbons (Fsp3) is 0.250. The maximum Gasteiger partial charge on any atom is 0.203 e. The van der Waals surface area contributed by atoms with E-state index < -0.39 is 0 Å². The topological polar surface area (TPSA) is 62.5 Å². The van der Waals surface area contributed by atoms with Gasteiger partial charge >= 0.3 is 0 Å². The van der Waals surface area contributed by atoms with Crippen molar-refractivity contribution in [3.63, 3.8) is 0 Å². The molecule has 1 aromatic carbocycles. The number of aromatic nitrogens is 5. The Bertz CT molecular complexity index is 1070. The summed E-state index contributed by atoms with van der Waals surface area (Å²) in [7, 11) is 2.03. The Balaban J connectivity index is 1.36. The number of hydrogen-bond acceptors (Lipinski definition) is 7. The minimum absolute atomic E-state index is 0.229. The Morgan fingerprint density at radius 2 is 2.20 bits per heavy atom. The van der Waals surface area contributed by atoms with Crippen LogP contribution in [0, 0.1) is 5.82 Å². The molecule has 7 nitrogen and oxygen atoms in total. The van der Waals surface area contributed by atoms with E-state index in [1.165, 1.54) is 23.5 Å². The zero-order chi connectivity index (χ0) is 17.0. The van der Waals surface area contributed by atoms with Gasteiger partial charge in [0.2, 0.25) is 5.65 Å². The standard InChI is InChI=1S/C16H14FN7S/c1-22(16-20-12-3-2-10(17)6-13(12)25-16)11-7-24(8-11)14-15-21-19-9-23(15)5-4-18-14/h2-6,9,11H,7-8H2,1H3. The zero-order valence-corrected chi connectivity index (χ0v) is 14.2. The molecule has 4 aromatic rings. The molecular formula is C16H14FN7S. The van der Waals surface area contributed by atoms with Crippen LogP contribution < -0.4 is 9.80 Å². The van der Waals surface area contributed by atoms with Crippen molar-refractivity contribution >= 4 is 38.2 Å². The molecule has 25 heavy (non-hydrogen) atoms. The van der Waals surface area contributed by atoms with Crippen LogP contribution >= 0.6 is 11.3 Å². The highest BCUT2D eigenvalue weighted by Crippen LogP contribution is 2.32. The lowest BCUT2D eigenvalue weighted by molar-refractivity contribution is 0.492. The summed E-state index contributed by atoms with van der Waals surface area (Å²) < 4.78 is 16.1. The third-order valence-corrected chi connectivity index (χ3v) is 5.66. The van der Waals surface area contributed by atoms with E-state index >= 15 is 0 Å². The molecular weight excluding hydrogens is 341 g/mol. The number of rotatable bonds is 3. The number of halogens is 1. The number of nitrogens with zero attached hydrogens (tertiary/aromatic N) is 7. The van der Waals surface area contributed by atoms with Crippen LogP contribution in [0.2, 0.25) is 0 Å². The molecule has 1 saturated heterocycles. The van der Waals surface area contributed by atoms with E-state index in [9.17, 15) is 4.39 Å². The summed E-state index contributed by atoms with van der Waals surface area (Å²) in [5.41, 5.74) is 1.60. The van der Waals surface area contributed by atoms with E-state index in [1.807, 2.05) is 17.6 Å². The van der Waals surface area contributed by atoms with Crippen LogP contribution in [0.4, 0.5) is 15.3 Å². The van der Waals surface area contributed by atoms with Crippen molar-refractivity contribution < 1.29 is 4.39 Å². The Morgan fingerprint density at radius 1 is 1.32 bits per heavy atom. The SMILES string of the molecule is CN(c1nc2ccc(F)cc2s1)C1CN(c2nccn3cnnc23)C1. The number of benzene rings is 1. The Hall–Kier alpha value is -2.81. The van der Waals surface area contributed by atoms with Gasteiger partial charge in [-0.05, 0) is 18.2 Å². The number of likely N-dealkylation sites (N-methyl/N-ethyl adjacent to an activating group) is 1. The number of thiazole rings is 1. The molecule has 126 valence electrons. The minimum atomic E-state index is -0.229. The van der Waals surface area contributed by atoms with Crippen molar-refractivity contribution in [3.8, 4) is 0 Å².